The molecule has 9 nitrogen and oxygen atoms in total. The molecule has 2 aromatic heterocycles. The lowest BCUT2D eigenvalue weighted by atomic mass is 9.94. The molecule has 0 aliphatic rings. The maximum Gasteiger partial charge on any atom is 0.183 e. The van der Waals surface area contributed by atoms with Crippen molar-refractivity contribution in [3.05, 3.63) is 179 Å². The minimum atomic E-state index is 0.0616. The molecule has 0 spiro atoms. The highest BCUT2D eigenvalue weighted by atomic mass is 16.5. The normalized spacial score (nSPS) is 12.1. The maximum atomic E-state index is 6.53. The van der Waals surface area contributed by atoms with Gasteiger partial charge < -0.3 is 35.7 Å². The van der Waals surface area contributed by atoms with Crippen molar-refractivity contribution in [1.82, 2.24) is 15.3 Å². The SMILES string of the molecule is NCCC(CCNCCC(CCN)c1nccc(OCc2ccccc2)c1OCc1ccccc1)c1nccc(OCc2ccccc2)c1OCc1ccccc1. The molecule has 0 fully saturated rings. The van der Waals surface area contributed by atoms with Crippen LogP contribution in [-0.2, 0) is 26.4 Å². The van der Waals surface area contributed by atoms with Crippen LogP contribution in [0.25, 0.3) is 0 Å². The van der Waals surface area contributed by atoms with E-state index in [0.29, 0.717) is 62.5 Å². The Morgan fingerprint density at radius 1 is 0.421 bits per heavy atom. The first-order valence-corrected chi connectivity index (χ1v) is 20.0. The maximum absolute atomic E-state index is 6.53. The van der Waals surface area contributed by atoms with Crippen molar-refractivity contribution in [2.45, 2.75) is 63.9 Å². The van der Waals surface area contributed by atoms with Crippen molar-refractivity contribution >= 4 is 0 Å². The molecule has 0 aliphatic carbocycles. The van der Waals surface area contributed by atoms with Crippen molar-refractivity contribution in [3.63, 3.8) is 0 Å². The molecule has 0 aliphatic heterocycles. The molecule has 2 atom stereocenters. The van der Waals surface area contributed by atoms with Crippen LogP contribution in [-0.4, -0.2) is 36.1 Å². The Morgan fingerprint density at radius 3 is 1.09 bits per heavy atom. The van der Waals surface area contributed by atoms with Gasteiger partial charge in [-0.2, -0.15) is 0 Å². The summed E-state index contributed by atoms with van der Waals surface area (Å²) in [7, 11) is 0. The summed E-state index contributed by atoms with van der Waals surface area (Å²) in [5.41, 5.74) is 18.4. The van der Waals surface area contributed by atoms with Crippen LogP contribution in [0.1, 0.15) is 71.2 Å². The third-order valence-corrected chi connectivity index (χ3v) is 9.86. The molecule has 9 heteroatoms. The first kappa shape index (κ1) is 40.9. The molecule has 5 N–H and O–H groups in total. The standard InChI is InChI=1S/C48H55N5O4/c49-27-21-41(45-47(56-35-39-17-9-3-10-18-39)43(25-31-52-45)54-33-37-13-5-1-6-14-37)23-29-51-30-24-42(22-28-50)46-48(57-36-40-19-11-4-12-20-40)44(26-32-53-46)55-34-38-15-7-2-8-16-38/h1-20,25-26,31-32,41-42,51H,21-24,27-30,33-36,49-50H2. The zero-order valence-electron chi connectivity index (χ0n) is 32.7. The van der Waals surface area contributed by atoms with Crippen LogP contribution in [0, 0.1) is 0 Å². The summed E-state index contributed by atoms with van der Waals surface area (Å²) < 4.78 is 25.8. The third kappa shape index (κ3) is 12.6. The molecule has 0 saturated heterocycles. The molecule has 4 aromatic carbocycles. The second-order valence-corrected chi connectivity index (χ2v) is 14.0. The van der Waals surface area contributed by atoms with Crippen molar-refractivity contribution in [3.8, 4) is 23.0 Å². The number of pyridine rings is 2. The Labute approximate surface area is 337 Å². The molecule has 0 amide bonds. The minimum Gasteiger partial charge on any atom is -0.485 e. The number of rotatable bonds is 24. The van der Waals surface area contributed by atoms with E-state index in [2.05, 4.69) is 53.8 Å². The molecule has 0 bridgehead atoms. The van der Waals surface area contributed by atoms with Crippen LogP contribution in [0.5, 0.6) is 23.0 Å². The van der Waals surface area contributed by atoms with Gasteiger partial charge in [0.1, 0.15) is 26.4 Å². The van der Waals surface area contributed by atoms with Gasteiger partial charge in [-0.15, -0.1) is 0 Å². The van der Waals surface area contributed by atoms with Gasteiger partial charge in [0.15, 0.2) is 23.0 Å². The van der Waals surface area contributed by atoms with Crippen molar-refractivity contribution in [2.75, 3.05) is 26.2 Å². The number of nitrogens with zero attached hydrogens (tertiary/aromatic N) is 2. The van der Waals surface area contributed by atoms with Crippen LogP contribution in [0.3, 0.4) is 0 Å². The van der Waals surface area contributed by atoms with Crippen LogP contribution in [0.2, 0.25) is 0 Å². The van der Waals surface area contributed by atoms with E-state index in [1.54, 1.807) is 0 Å². The van der Waals surface area contributed by atoms with Crippen molar-refractivity contribution < 1.29 is 18.9 Å². The van der Waals surface area contributed by atoms with Crippen LogP contribution in [0.15, 0.2) is 146 Å². The topological polar surface area (TPSA) is 127 Å². The number of benzene rings is 4. The first-order chi connectivity index (χ1) is 28.2. The van der Waals surface area contributed by atoms with E-state index in [4.69, 9.17) is 40.4 Å². The van der Waals surface area contributed by atoms with E-state index in [1.807, 2.05) is 97.3 Å². The summed E-state index contributed by atoms with van der Waals surface area (Å²) in [5.74, 6) is 2.81. The van der Waals surface area contributed by atoms with Crippen LogP contribution >= 0.6 is 0 Å². The molecule has 0 radical (unpaired) electrons. The summed E-state index contributed by atoms with van der Waals surface area (Å²) in [5, 5.41) is 3.70. The van der Waals surface area contributed by atoms with E-state index < -0.39 is 0 Å². The van der Waals surface area contributed by atoms with Gasteiger partial charge in [-0.05, 0) is 74.1 Å². The van der Waals surface area contributed by atoms with Gasteiger partial charge in [-0.25, -0.2) is 0 Å². The van der Waals surface area contributed by atoms with Crippen molar-refractivity contribution in [2.24, 2.45) is 11.5 Å². The van der Waals surface area contributed by atoms with Crippen LogP contribution < -0.4 is 35.7 Å². The summed E-state index contributed by atoms with van der Waals surface area (Å²) in [6.45, 7) is 4.24. The number of aromatic nitrogens is 2. The lowest BCUT2D eigenvalue weighted by molar-refractivity contribution is 0.249. The predicted octanol–water partition coefficient (Wildman–Crippen LogP) is 8.73. The second kappa shape index (κ2) is 22.7. The van der Waals surface area contributed by atoms with Gasteiger partial charge in [0.2, 0.25) is 0 Å². The second-order valence-electron chi connectivity index (χ2n) is 14.0. The Bertz CT molecular complexity index is 1870. The average molecular weight is 766 g/mol. The number of hydrogen-bond donors (Lipinski definition) is 3. The van der Waals surface area contributed by atoms with Gasteiger partial charge in [0.25, 0.3) is 0 Å². The number of nitrogens with one attached hydrogen (secondary N) is 1. The number of nitrogens with two attached hydrogens (primary N) is 2. The van der Waals surface area contributed by atoms with E-state index >= 15 is 0 Å². The molecular weight excluding hydrogens is 711 g/mol. The molecule has 2 heterocycles. The highest BCUT2D eigenvalue weighted by Gasteiger charge is 2.24. The molecule has 6 rings (SSSR count). The molecular formula is C48H55N5O4. The van der Waals surface area contributed by atoms with Gasteiger partial charge in [-0.3, -0.25) is 9.97 Å². The highest BCUT2D eigenvalue weighted by Crippen LogP contribution is 2.39. The van der Waals surface area contributed by atoms with E-state index in [0.717, 1.165) is 72.4 Å². The number of hydrogen-bond acceptors (Lipinski definition) is 9. The lowest BCUT2D eigenvalue weighted by Gasteiger charge is -2.23. The first-order valence-electron chi connectivity index (χ1n) is 20.0. The van der Waals surface area contributed by atoms with Crippen molar-refractivity contribution in [1.29, 1.82) is 0 Å². The largest absolute Gasteiger partial charge is 0.485 e. The minimum absolute atomic E-state index is 0.0616. The zero-order chi connectivity index (χ0) is 39.3. The Morgan fingerprint density at radius 2 is 0.754 bits per heavy atom. The Hall–Kier alpha value is -5.74. The fourth-order valence-electron chi connectivity index (χ4n) is 6.84. The third-order valence-electron chi connectivity index (χ3n) is 9.86. The fourth-order valence-corrected chi connectivity index (χ4v) is 6.84. The highest BCUT2D eigenvalue weighted by molar-refractivity contribution is 5.46. The Balaban J connectivity index is 1.14. The smallest absolute Gasteiger partial charge is 0.183 e. The Kier molecular flexibility index (Phi) is 16.3. The summed E-state index contributed by atoms with van der Waals surface area (Å²) in [6, 6.07) is 44.3. The number of ether oxygens (including phenoxy) is 4. The molecule has 0 saturated carbocycles. The van der Waals surface area contributed by atoms with Gasteiger partial charge in [0.05, 0.1) is 11.4 Å². The molecule has 2 unspecified atom stereocenters. The predicted molar refractivity (Wildman–Crippen MR) is 226 cm³/mol. The average Bonchev–Trinajstić information content (AvgIpc) is 3.27. The van der Waals surface area contributed by atoms with Gasteiger partial charge >= 0.3 is 0 Å². The van der Waals surface area contributed by atoms with Gasteiger partial charge in [0, 0.05) is 36.4 Å². The van der Waals surface area contributed by atoms with Gasteiger partial charge in [-0.1, -0.05) is 121 Å². The summed E-state index contributed by atoms with van der Waals surface area (Å²) in [6.07, 6.45) is 6.78. The van der Waals surface area contributed by atoms with E-state index in [-0.39, 0.29) is 11.8 Å². The lowest BCUT2D eigenvalue weighted by Crippen LogP contribution is -2.23. The molecule has 296 valence electrons. The van der Waals surface area contributed by atoms with E-state index in [1.165, 1.54) is 0 Å². The zero-order valence-corrected chi connectivity index (χ0v) is 32.7. The fraction of sp³-hybridized carbons (Fsp3) is 0.292. The molecule has 57 heavy (non-hydrogen) atoms. The molecule has 6 aromatic rings. The monoisotopic (exact) mass is 765 g/mol. The van der Waals surface area contributed by atoms with E-state index in [9.17, 15) is 0 Å². The quantitative estimate of drug-likeness (QED) is 0.0519. The summed E-state index contributed by atoms with van der Waals surface area (Å²) in [4.78, 5) is 9.74. The van der Waals surface area contributed by atoms with Crippen LogP contribution in [0.4, 0.5) is 0 Å². The summed E-state index contributed by atoms with van der Waals surface area (Å²) >= 11 is 0.